The van der Waals surface area contributed by atoms with Gasteiger partial charge in [0.15, 0.2) is 11.6 Å². The number of nitrogens with one attached hydrogen (secondary N) is 2. The Balaban J connectivity index is 1.30. The molecule has 190 valence electrons. The zero-order chi connectivity index (χ0) is 25.5. The number of pyridine rings is 1. The molecule has 0 unspecified atom stereocenters. The number of rotatable bonds is 12. The number of hydrogen-bond donors (Lipinski definition) is 2. The molecule has 0 aliphatic carbocycles. The molecule has 0 aliphatic rings. The van der Waals surface area contributed by atoms with Gasteiger partial charge in [0.25, 0.3) is 5.91 Å². The molecule has 3 heterocycles. The fraction of sp³-hybridized carbons (Fsp3) is 0.429. The van der Waals surface area contributed by atoms with Crippen LogP contribution in [0.1, 0.15) is 67.1 Å². The molecule has 4 aromatic rings. The van der Waals surface area contributed by atoms with Crippen molar-refractivity contribution in [2.75, 3.05) is 13.1 Å². The Morgan fingerprint density at radius 3 is 2.78 bits per heavy atom. The van der Waals surface area contributed by atoms with E-state index in [1.54, 1.807) is 6.20 Å². The predicted octanol–water partition coefficient (Wildman–Crippen LogP) is 4.57. The largest absolute Gasteiger partial charge is 0.448 e. The van der Waals surface area contributed by atoms with Crippen LogP contribution in [0, 0.1) is 6.92 Å². The van der Waals surface area contributed by atoms with Gasteiger partial charge in [0, 0.05) is 37.7 Å². The van der Waals surface area contributed by atoms with E-state index in [9.17, 15) is 4.79 Å². The topological polar surface area (TPSA) is 97.9 Å². The molecule has 3 aromatic heterocycles. The van der Waals surface area contributed by atoms with Crippen molar-refractivity contribution in [2.24, 2.45) is 0 Å². The molecule has 8 heteroatoms. The summed E-state index contributed by atoms with van der Waals surface area (Å²) in [6, 6.07) is 12.2. The van der Waals surface area contributed by atoms with Crippen LogP contribution in [0.3, 0.4) is 0 Å². The predicted molar refractivity (Wildman–Crippen MR) is 141 cm³/mol. The van der Waals surface area contributed by atoms with Crippen molar-refractivity contribution in [3.05, 3.63) is 77.5 Å². The minimum absolute atomic E-state index is 0.155. The van der Waals surface area contributed by atoms with Crippen molar-refractivity contribution < 1.29 is 9.21 Å². The maximum atomic E-state index is 12.5. The Bertz CT molecular complexity index is 1310. The van der Waals surface area contributed by atoms with E-state index < -0.39 is 0 Å². The first-order valence-electron chi connectivity index (χ1n) is 12.7. The number of aryl methyl sites for hydroxylation is 2. The van der Waals surface area contributed by atoms with Crippen molar-refractivity contribution in [1.82, 2.24) is 30.2 Å². The first-order chi connectivity index (χ1) is 17.4. The molecule has 0 aliphatic heterocycles. The smallest absolute Gasteiger partial charge is 0.273 e. The number of nitrogens with zero attached hydrogens (tertiary/aromatic N) is 4. The average molecular weight is 489 g/mol. The lowest BCUT2D eigenvalue weighted by molar-refractivity contribution is 0.0945. The van der Waals surface area contributed by atoms with Crippen molar-refractivity contribution in [2.45, 2.75) is 65.5 Å². The molecule has 36 heavy (non-hydrogen) atoms. The van der Waals surface area contributed by atoms with E-state index >= 15 is 0 Å². The second-order valence-electron chi connectivity index (χ2n) is 9.82. The number of amides is 1. The van der Waals surface area contributed by atoms with Crippen LogP contribution in [0.25, 0.3) is 11.0 Å². The summed E-state index contributed by atoms with van der Waals surface area (Å²) in [5, 5.41) is 6.39. The zero-order valence-corrected chi connectivity index (χ0v) is 21.7. The van der Waals surface area contributed by atoms with Crippen LogP contribution in [0.15, 0.2) is 53.3 Å². The lowest BCUT2D eigenvalue weighted by Gasteiger charge is -2.26. The van der Waals surface area contributed by atoms with E-state index in [0.717, 1.165) is 48.5 Å². The van der Waals surface area contributed by atoms with Gasteiger partial charge in [0.05, 0.1) is 23.3 Å². The van der Waals surface area contributed by atoms with Gasteiger partial charge in [0.2, 0.25) is 0 Å². The second kappa shape index (κ2) is 11.5. The highest BCUT2D eigenvalue weighted by Crippen LogP contribution is 2.27. The maximum absolute atomic E-state index is 12.5. The molecule has 8 nitrogen and oxygen atoms in total. The number of hydrogen-bond acceptors (Lipinski definition) is 6. The monoisotopic (exact) mass is 488 g/mol. The summed E-state index contributed by atoms with van der Waals surface area (Å²) in [4.78, 5) is 26.1. The Hall–Kier alpha value is -3.52. The molecule has 4 rings (SSSR count). The summed E-state index contributed by atoms with van der Waals surface area (Å²) in [5.41, 5.74) is 4.23. The van der Waals surface area contributed by atoms with Crippen LogP contribution >= 0.6 is 0 Å². The first kappa shape index (κ1) is 25.6. The molecule has 2 N–H and O–H groups in total. The standard InChI is InChI=1S/C28H36N6O2/c1-5-6-16-34-24-12-8-7-11-21(24)33-27(34)28(3,4)19-29-15-13-25-32-23(18-36-25)26(35)31-17-22-20(2)10-9-14-30-22/h7-12,14,18,29H,5-6,13,15-17,19H2,1-4H3,(H,31,35). The van der Waals surface area contributed by atoms with Gasteiger partial charge >= 0.3 is 0 Å². The number of fused-ring (bicyclic) bond motifs is 1. The summed E-state index contributed by atoms with van der Waals surface area (Å²) in [7, 11) is 0. The lowest BCUT2D eigenvalue weighted by Crippen LogP contribution is -2.36. The number of unbranched alkanes of at least 4 members (excludes halogenated alkanes) is 1. The van der Waals surface area contributed by atoms with Gasteiger partial charge in [-0.1, -0.05) is 45.4 Å². The fourth-order valence-electron chi connectivity index (χ4n) is 4.30. The minimum atomic E-state index is -0.268. The van der Waals surface area contributed by atoms with E-state index in [0.29, 0.717) is 25.4 Å². The Morgan fingerprint density at radius 2 is 1.97 bits per heavy atom. The fourth-order valence-corrected chi connectivity index (χ4v) is 4.30. The van der Waals surface area contributed by atoms with Gasteiger partial charge in [-0.05, 0) is 37.1 Å². The highest BCUT2D eigenvalue weighted by atomic mass is 16.3. The molecule has 1 amide bonds. The van der Waals surface area contributed by atoms with Gasteiger partial charge in [0.1, 0.15) is 12.1 Å². The zero-order valence-electron chi connectivity index (χ0n) is 21.7. The maximum Gasteiger partial charge on any atom is 0.273 e. The van der Waals surface area contributed by atoms with Crippen LogP contribution in [-0.2, 0) is 24.9 Å². The number of aromatic nitrogens is 4. The summed E-state index contributed by atoms with van der Waals surface area (Å²) >= 11 is 0. The molecular weight excluding hydrogens is 452 g/mol. The molecule has 0 saturated heterocycles. The first-order valence-corrected chi connectivity index (χ1v) is 12.7. The molecule has 0 bridgehead atoms. The van der Waals surface area contributed by atoms with Gasteiger partial charge in [-0.25, -0.2) is 9.97 Å². The molecule has 0 fully saturated rings. The second-order valence-corrected chi connectivity index (χ2v) is 9.82. The third kappa shape index (κ3) is 5.99. The van der Waals surface area contributed by atoms with E-state index in [4.69, 9.17) is 9.40 Å². The van der Waals surface area contributed by atoms with E-state index in [1.165, 1.54) is 11.8 Å². The minimum Gasteiger partial charge on any atom is -0.448 e. The highest BCUT2D eigenvalue weighted by Gasteiger charge is 2.27. The molecular formula is C28H36N6O2. The van der Waals surface area contributed by atoms with Crippen LogP contribution in [0.2, 0.25) is 0 Å². The molecule has 0 atom stereocenters. The van der Waals surface area contributed by atoms with Crippen LogP contribution in [0.5, 0.6) is 0 Å². The SMILES string of the molecule is CCCCn1c(C(C)(C)CNCCc2nc(C(=O)NCc3ncccc3C)co2)nc2ccccc21. The number of imidazole rings is 1. The average Bonchev–Trinajstić information content (AvgIpc) is 3.50. The van der Waals surface area contributed by atoms with Gasteiger partial charge < -0.3 is 19.6 Å². The van der Waals surface area contributed by atoms with Crippen molar-refractivity contribution in [3.63, 3.8) is 0 Å². The van der Waals surface area contributed by atoms with Crippen molar-refractivity contribution in [3.8, 4) is 0 Å². The van der Waals surface area contributed by atoms with E-state index in [2.05, 4.69) is 64.1 Å². The van der Waals surface area contributed by atoms with E-state index in [1.807, 2.05) is 25.1 Å². The third-order valence-electron chi connectivity index (χ3n) is 6.40. The highest BCUT2D eigenvalue weighted by molar-refractivity contribution is 5.91. The Kier molecular flexibility index (Phi) is 8.15. The molecule has 1 aromatic carbocycles. The summed E-state index contributed by atoms with van der Waals surface area (Å²) in [5.74, 6) is 1.37. The van der Waals surface area contributed by atoms with Crippen LogP contribution in [-0.4, -0.2) is 38.5 Å². The van der Waals surface area contributed by atoms with Crippen molar-refractivity contribution >= 4 is 16.9 Å². The molecule has 0 radical (unpaired) electrons. The van der Waals surface area contributed by atoms with Crippen molar-refractivity contribution in [1.29, 1.82) is 0 Å². The third-order valence-corrected chi connectivity index (χ3v) is 6.40. The summed E-state index contributed by atoms with van der Waals surface area (Å²) < 4.78 is 7.90. The van der Waals surface area contributed by atoms with Gasteiger partial charge in [-0.3, -0.25) is 9.78 Å². The van der Waals surface area contributed by atoms with Gasteiger partial charge in [-0.15, -0.1) is 0 Å². The number of benzene rings is 1. The van der Waals surface area contributed by atoms with E-state index in [-0.39, 0.29) is 17.0 Å². The molecule has 0 saturated carbocycles. The summed E-state index contributed by atoms with van der Waals surface area (Å²) in [6.07, 6.45) is 5.99. The summed E-state index contributed by atoms with van der Waals surface area (Å²) in [6.45, 7) is 11.4. The number of oxazole rings is 1. The van der Waals surface area contributed by atoms with Crippen LogP contribution < -0.4 is 10.6 Å². The normalized spacial score (nSPS) is 11.8. The Labute approximate surface area is 212 Å². The van der Waals surface area contributed by atoms with Gasteiger partial charge in [-0.2, -0.15) is 0 Å². The lowest BCUT2D eigenvalue weighted by atomic mass is 9.92. The quantitative estimate of drug-likeness (QED) is 0.284. The Morgan fingerprint density at radius 1 is 1.14 bits per heavy atom. The number of carbonyl (C=O) groups is 1. The number of carbonyl (C=O) groups excluding carboxylic acids is 1. The molecule has 0 spiro atoms. The number of para-hydroxylation sites is 2. The van der Waals surface area contributed by atoms with Crippen LogP contribution in [0.4, 0.5) is 0 Å².